The Morgan fingerprint density at radius 2 is 1.68 bits per heavy atom. The molecule has 68 heavy (non-hydrogen) atoms. The van der Waals surface area contributed by atoms with E-state index in [0.717, 1.165) is 32.7 Å². The highest BCUT2D eigenvalue weighted by Gasteiger charge is 2.64. The second-order valence-corrected chi connectivity index (χ2v) is 20.6. The van der Waals surface area contributed by atoms with E-state index >= 15 is 0 Å². The van der Waals surface area contributed by atoms with E-state index < -0.39 is 100 Å². The molecule has 1 aromatic carbocycles. The Bertz CT molecular complexity index is 2270. The number of imide groups is 2. The Labute approximate surface area is 408 Å². The van der Waals surface area contributed by atoms with Crippen LogP contribution < -0.4 is 15.0 Å². The maximum Gasteiger partial charge on any atom is 0.409 e. The largest absolute Gasteiger partial charge is 0.495 e. The van der Waals surface area contributed by atoms with Crippen molar-refractivity contribution >= 4 is 88.3 Å². The van der Waals surface area contributed by atoms with Gasteiger partial charge < -0.3 is 38.6 Å². The first-order valence-electron chi connectivity index (χ1n) is 22.2. The summed E-state index contributed by atoms with van der Waals surface area (Å²) in [5.74, 6) is -3.54. The average Bonchev–Trinajstić information content (AvgIpc) is 3.82. The summed E-state index contributed by atoms with van der Waals surface area (Å²) in [5.41, 5.74) is -1.21. The molecule has 5 aliphatic rings. The van der Waals surface area contributed by atoms with Gasteiger partial charge in [0, 0.05) is 71.6 Å². The Morgan fingerprint density at radius 3 is 2.29 bits per heavy atom. The number of rotatable bonds is 13. The molecule has 19 nitrogen and oxygen atoms in total. The Morgan fingerprint density at radius 1 is 1.03 bits per heavy atom. The zero-order valence-electron chi connectivity index (χ0n) is 39.6. The molecule has 372 valence electrons. The Hall–Kier alpha value is -4.67. The number of anilines is 1. The van der Waals surface area contributed by atoms with Crippen LogP contribution in [0.25, 0.3) is 0 Å². The van der Waals surface area contributed by atoms with E-state index in [2.05, 4.69) is 5.32 Å². The quantitative estimate of drug-likeness (QED) is 0.164. The van der Waals surface area contributed by atoms with Gasteiger partial charge in [-0.2, -0.15) is 11.8 Å². The lowest BCUT2D eigenvalue weighted by Crippen LogP contribution is -2.63. The number of hydrogen-bond acceptors (Lipinski definition) is 16. The van der Waals surface area contributed by atoms with E-state index in [4.69, 9.17) is 35.3 Å². The highest BCUT2D eigenvalue weighted by Crippen LogP contribution is 2.49. The number of epoxide rings is 1. The predicted molar refractivity (Wildman–Crippen MR) is 252 cm³/mol. The smallest absolute Gasteiger partial charge is 0.409 e. The van der Waals surface area contributed by atoms with Gasteiger partial charge in [-0.1, -0.05) is 42.3 Å². The number of methoxy groups -OCH3 is 2. The highest BCUT2D eigenvalue weighted by atomic mass is 35.5. The minimum atomic E-state index is -1.88. The zero-order valence-corrected chi connectivity index (χ0v) is 42.0. The number of amides is 7. The van der Waals surface area contributed by atoms with Crippen molar-refractivity contribution in [3.05, 3.63) is 46.5 Å². The number of carbonyl (C=O) groups is 8. The minimum absolute atomic E-state index is 0.0736. The first kappa shape index (κ1) is 52.7. The van der Waals surface area contributed by atoms with Crippen LogP contribution in [-0.2, 0) is 58.9 Å². The van der Waals surface area contributed by atoms with Crippen LogP contribution >= 0.6 is 35.1 Å². The molecule has 0 aromatic heterocycles. The van der Waals surface area contributed by atoms with Crippen molar-refractivity contribution in [1.82, 2.24) is 20.0 Å². The van der Waals surface area contributed by atoms with Crippen LogP contribution in [0.2, 0.25) is 5.02 Å². The molecule has 0 aliphatic carbocycles. The summed E-state index contributed by atoms with van der Waals surface area (Å²) in [6.45, 7) is 6.60. The maximum atomic E-state index is 14.3. The third-order valence-electron chi connectivity index (χ3n) is 13.4. The molecule has 0 spiro atoms. The van der Waals surface area contributed by atoms with Crippen molar-refractivity contribution in [3.63, 3.8) is 0 Å². The molecule has 6 rings (SSSR count). The number of fused-ring (bicyclic) bond motifs is 5. The molecule has 1 aromatic rings. The topological polar surface area (TPSA) is 231 Å². The molecule has 4 fully saturated rings. The number of likely N-dealkylation sites (N-methyl/N-ethyl adjacent to an activating group) is 1. The van der Waals surface area contributed by atoms with Crippen molar-refractivity contribution in [1.29, 1.82) is 0 Å². The summed E-state index contributed by atoms with van der Waals surface area (Å²) >= 11 is 9.19. The summed E-state index contributed by atoms with van der Waals surface area (Å²) in [7, 11) is 5.83. The van der Waals surface area contributed by atoms with Crippen LogP contribution in [0.1, 0.15) is 65.4 Å². The van der Waals surface area contributed by atoms with Crippen molar-refractivity contribution in [2.24, 2.45) is 5.92 Å². The van der Waals surface area contributed by atoms with Crippen molar-refractivity contribution < 1.29 is 67.1 Å². The number of aliphatic hydroxyl groups is 1. The van der Waals surface area contributed by atoms with Crippen molar-refractivity contribution in [2.45, 2.75) is 119 Å². The summed E-state index contributed by atoms with van der Waals surface area (Å²) in [6.07, 6.45) is 1.92. The molecule has 4 bridgehead atoms. The van der Waals surface area contributed by atoms with Crippen LogP contribution in [0.15, 0.2) is 35.9 Å². The number of hydrogen-bond donors (Lipinski definition) is 2. The van der Waals surface area contributed by atoms with Gasteiger partial charge in [0.2, 0.25) is 35.4 Å². The number of nitrogens with zero attached hydrogens (tertiary/aromatic N) is 4. The monoisotopic (exact) mass is 1010 g/mol. The van der Waals surface area contributed by atoms with E-state index in [1.54, 1.807) is 44.4 Å². The second-order valence-electron chi connectivity index (χ2n) is 17.9. The number of allylic oxidation sites excluding steroid dienone is 3. The van der Waals surface area contributed by atoms with Gasteiger partial charge in [-0.05, 0) is 51.1 Å². The van der Waals surface area contributed by atoms with Crippen LogP contribution in [0.5, 0.6) is 5.75 Å². The molecule has 4 saturated heterocycles. The normalized spacial score (nSPS) is 31.7. The van der Waals surface area contributed by atoms with E-state index in [0.29, 0.717) is 17.9 Å². The van der Waals surface area contributed by atoms with Gasteiger partial charge in [-0.15, -0.1) is 11.8 Å². The molecule has 10 atom stereocenters. The molecule has 22 heteroatoms. The van der Waals surface area contributed by atoms with Gasteiger partial charge >= 0.3 is 12.1 Å². The SMILES string of the molecule is COc1cc2cc(c1Cl)N(C)C(=O)CC(OC(=O)[C@H](C)N(C)C(=O)CCSC1CC(=O)N(CCN3C(=O)CC(SC)C3=O)C1=O)[C@]1(C)OC1C(C)C1C[C@@](O)(NC(=O)O1)C(OC)/C=C/C=C(\C)C2. The van der Waals surface area contributed by atoms with Crippen LogP contribution in [0.4, 0.5) is 10.5 Å². The van der Waals surface area contributed by atoms with E-state index in [9.17, 15) is 43.5 Å². The second kappa shape index (κ2) is 21.5. The summed E-state index contributed by atoms with van der Waals surface area (Å²) in [6, 6.07) is 2.36. The molecular weight excluding hydrogens is 946 g/mol. The molecule has 7 unspecified atom stereocenters. The number of esters is 1. The van der Waals surface area contributed by atoms with Crippen LogP contribution in [0.3, 0.4) is 0 Å². The van der Waals surface area contributed by atoms with E-state index in [1.807, 2.05) is 13.0 Å². The predicted octanol–water partition coefficient (Wildman–Crippen LogP) is 3.26. The number of nitrogens with one attached hydrogen (secondary N) is 1. The molecular formula is C46H60ClN5O14S2. The van der Waals surface area contributed by atoms with Crippen molar-refractivity contribution in [2.75, 3.05) is 58.3 Å². The third kappa shape index (κ3) is 11.2. The van der Waals surface area contributed by atoms with Gasteiger partial charge in [0.05, 0.1) is 35.8 Å². The average molecular weight is 1010 g/mol. The number of alkyl carbamates (subject to hydrolysis) is 1. The molecule has 5 aliphatic heterocycles. The number of likely N-dealkylation sites (tertiary alicyclic amines) is 2. The molecule has 7 amide bonds. The molecule has 0 saturated carbocycles. The van der Waals surface area contributed by atoms with Gasteiger partial charge in [0.1, 0.15) is 40.7 Å². The number of halogens is 1. The fourth-order valence-corrected chi connectivity index (χ4v) is 11.0. The standard InChI is InChI=1S/C46H60ClN5O14S2/c1-24-11-10-12-33(63-8)46(61)23-30(64-44(60)48-46)25(2)40-45(4,66-40)34(22-36(54)50(6)28-18-27(17-24)19-29(62-7)39(28)47)65-43(59)26(3)49(5)35(53)13-16-68-32-21-38(56)52(42(32)58)15-14-51-37(55)20-31(67-9)41(51)57/h10-12,18-19,25-26,30-34,40,61H,13-17,20-23H2,1-9H3,(H,48,60)/b12-10+,24-11+/t25?,26-,30?,31?,32?,33?,34?,40?,45-,46-/m0/s1. The Kier molecular flexibility index (Phi) is 16.7. The lowest BCUT2D eigenvalue weighted by molar-refractivity contribution is -0.162. The molecule has 0 radical (unpaired) electrons. The van der Waals surface area contributed by atoms with Gasteiger partial charge in [0.25, 0.3) is 0 Å². The fourth-order valence-electron chi connectivity index (χ4n) is 8.97. The van der Waals surface area contributed by atoms with Crippen LogP contribution in [-0.4, -0.2) is 173 Å². The first-order valence-corrected chi connectivity index (χ1v) is 25.0. The first-order chi connectivity index (χ1) is 32.1. The third-order valence-corrected chi connectivity index (χ3v) is 15.9. The summed E-state index contributed by atoms with van der Waals surface area (Å²) in [4.78, 5) is 110. The number of benzene rings is 1. The molecule has 2 N–H and O–H groups in total. The lowest BCUT2D eigenvalue weighted by Gasteiger charge is -2.42. The van der Waals surface area contributed by atoms with E-state index in [-0.39, 0.29) is 61.4 Å². The van der Waals surface area contributed by atoms with E-state index in [1.165, 1.54) is 56.8 Å². The van der Waals surface area contributed by atoms with Crippen molar-refractivity contribution in [3.8, 4) is 5.75 Å². The zero-order chi connectivity index (χ0) is 50.0. The minimum Gasteiger partial charge on any atom is -0.495 e. The number of thioether (sulfide) groups is 2. The summed E-state index contributed by atoms with van der Waals surface area (Å²) < 4.78 is 29.3. The number of carbonyl (C=O) groups excluding carboxylic acids is 8. The van der Waals surface area contributed by atoms with Crippen LogP contribution in [0, 0.1) is 5.92 Å². The lowest BCUT2D eigenvalue weighted by atomic mass is 9.83. The number of ether oxygens (including phenoxy) is 5. The van der Waals surface area contributed by atoms with Gasteiger partial charge in [-0.3, -0.25) is 43.9 Å². The summed E-state index contributed by atoms with van der Waals surface area (Å²) in [5, 5.41) is 13.3. The fraction of sp³-hybridized carbons (Fsp3) is 0.609. The van der Waals surface area contributed by atoms with Gasteiger partial charge in [0.15, 0.2) is 5.72 Å². The maximum absolute atomic E-state index is 14.3. The highest BCUT2D eigenvalue weighted by molar-refractivity contribution is 8.00. The molecule has 5 heterocycles. The Balaban J connectivity index is 1.16. The van der Waals surface area contributed by atoms with Gasteiger partial charge in [-0.25, -0.2) is 9.59 Å².